The standard InChI is InChI=1S/C20H33BN2O4/c1-14(2)11-17(21(26)27)23-19(25)16(12-15-9-7-6-8-10-15)22-18(24)13-20(3,4)5/h6-10,14,16-17,26-27H,11-13H2,1-5H3,(H,22,24)(H,23,25)/t16-,17-/m0/s1. The fourth-order valence-corrected chi connectivity index (χ4v) is 2.83. The molecular weight excluding hydrogens is 343 g/mol. The molecule has 0 aliphatic heterocycles. The summed E-state index contributed by atoms with van der Waals surface area (Å²) in [5.41, 5.74) is 0.720. The van der Waals surface area contributed by atoms with Crippen LogP contribution in [-0.2, 0) is 16.0 Å². The summed E-state index contributed by atoms with van der Waals surface area (Å²) in [4.78, 5) is 25.2. The number of rotatable bonds is 9. The molecule has 1 rings (SSSR count). The van der Waals surface area contributed by atoms with Crippen LogP contribution in [-0.4, -0.2) is 41.0 Å². The van der Waals surface area contributed by atoms with E-state index in [-0.39, 0.29) is 17.2 Å². The van der Waals surface area contributed by atoms with Crippen molar-refractivity contribution in [3.63, 3.8) is 0 Å². The van der Waals surface area contributed by atoms with E-state index >= 15 is 0 Å². The van der Waals surface area contributed by atoms with Crippen molar-refractivity contribution >= 4 is 18.9 Å². The van der Waals surface area contributed by atoms with Crippen LogP contribution in [0.25, 0.3) is 0 Å². The van der Waals surface area contributed by atoms with E-state index in [2.05, 4.69) is 10.6 Å². The second kappa shape index (κ2) is 10.5. The third-order valence-electron chi connectivity index (χ3n) is 4.04. The molecule has 0 bridgehead atoms. The Kier molecular flexibility index (Phi) is 8.99. The lowest BCUT2D eigenvalue weighted by atomic mass is 9.75. The van der Waals surface area contributed by atoms with E-state index in [0.717, 1.165) is 5.56 Å². The zero-order chi connectivity index (χ0) is 20.6. The number of benzene rings is 1. The first kappa shape index (κ1) is 23.2. The highest BCUT2D eigenvalue weighted by Gasteiger charge is 2.30. The monoisotopic (exact) mass is 376 g/mol. The van der Waals surface area contributed by atoms with Crippen molar-refractivity contribution in [2.24, 2.45) is 11.3 Å². The molecule has 0 fully saturated rings. The number of amides is 2. The van der Waals surface area contributed by atoms with Gasteiger partial charge in [-0.15, -0.1) is 0 Å². The van der Waals surface area contributed by atoms with E-state index in [1.165, 1.54) is 0 Å². The molecule has 0 saturated heterocycles. The van der Waals surface area contributed by atoms with Gasteiger partial charge in [0, 0.05) is 12.8 Å². The van der Waals surface area contributed by atoms with Crippen LogP contribution in [0.3, 0.4) is 0 Å². The van der Waals surface area contributed by atoms with Gasteiger partial charge >= 0.3 is 7.12 Å². The van der Waals surface area contributed by atoms with Crippen molar-refractivity contribution in [1.29, 1.82) is 0 Å². The zero-order valence-corrected chi connectivity index (χ0v) is 17.0. The molecule has 0 spiro atoms. The third-order valence-corrected chi connectivity index (χ3v) is 4.04. The quantitative estimate of drug-likeness (QED) is 0.493. The average molecular weight is 376 g/mol. The van der Waals surface area contributed by atoms with Gasteiger partial charge in [-0.3, -0.25) is 9.59 Å². The van der Waals surface area contributed by atoms with Crippen molar-refractivity contribution in [2.75, 3.05) is 0 Å². The van der Waals surface area contributed by atoms with Gasteiger partial charge in [-0.05, 0) is 23.3 Å². The number of carbonyl (C=O) groups is 2. The molecule has 0 heterocycles. The van der Waals surface area contributed by atoms with Crippen LogP contribution in [0, 0.1) is 11.3 Å². The van der Waals surface area contributed by atoms with E-state index in [0.29, 0.717) is 19.3 Å². The smallest absolute Gasteiger partial charge is 0.426 e. The molecule has 150 valence electrons. The van der Waals surface area contributed by atoms with Crippen molar-refractivity contribution in [3.8, 4) is 0 Å². The molecule has 0 aromatic heterocycles. The summed E-state index contributed by atoms with van der Waals surface area (Å²) in [7, 11) is -1.65. The van der Waals surface area contributed by atoms with Gasteiger partial charge in [-0.1, -0.05) is 65.0 Å². The lowest BCUT2D eigenvalue weighted by molar-refractivity contribution is -0.130. The van der Waals surface area contributed by atoms with E-state index < -0.39 is 25.0 Å². The van der Waals surface area contributed by atoms with E-state index in [9.17, 15) is 19.6 Å². The van der Waals surface area contributed by atoms with Gasteiger partial charge in [0.2, 0.25) is 11.8 Å². The molecule has 0 aliphatic rings. The maximum atomic E-state index is 12.8. The number of hydrogen-bond donors (Lipinski definition) is 4. The van der Waals surface area contributed by atoms with Crippen LogP contribution >= 0.6 is 0 Å². The molecule has 27 heavy (non-hydrogen) atoms. The number of carbonyl (C=O) groups excluding carboxylic acids is 2. The first-order valence-electron chi connectivity index (χ1n) is 9.47. The SMILES string of the molecule is CC(C)C[C@H](NC(=O)[C@H](Cc1ccccc1)NC(=O)CC(C)(C)C)B(O)O. The fourth-order valence-electron chi connectivity index (χ4n) is 2.83. The minimum atomic E-state index is -1.65. The Labute approximate surface area is 162 Å². The predicted molar refractivity (Wildman–Crippen MR) is 108 cm³/mol. The van der Waals surface area contributed by atoms with Gasteiger partial charge in [0.05, 0.1) is 5.94 Å². The van der Waals surface area contributed by atoms with Gasteiger partial charge < -0.3 is 20.7 Å². The Morgan fingerprint density at radius 3 is 2.15 bits per heavy atom. The molecule has 0 aliphatic carbocycles. The average Bonchev–Trinajstić information content (AvgIpc) is 2.52. The minimum Gasteiger partial charge on any atom is -0.426 e. The first-order valence-corrected chi connectivity index (χ1v) is 9.47. The largest absolute Gasteiger partial charge is 0.475 e. The maximum Gasteiger partial charge on any atom is 0.475 e. The number of hydrogen-bond acceptors (Lipinski definition) is 4. The summed E-state index contributed by atoms with van der Waals surface area (Å²) >= 11 is 0. The van der Waals surface area contributed by atoms with Crippen LogP contribution < -0.4 is 10.6 Å². The minimum absolute atomic E-state index is 0.181. The van der Waals surface area contributed by atoms with Gasteiger partial charge in [-0.2, -0.15) is 0 Å². The van der Waals surface area contributed by atoms with E-state index in [1.54, 1.807) is 0 Å². The second-order valence-corrected chi connectivity index (χ2v) is 8.71. The van der Waals surface area contributed by atoms with Crippen LogP contribution in [0.5, 0.6) is 0 Å². The van der Waals surface area contributed by atoms with E-state index in [1.807, 2.05) is 65.0 Å². The highest BCUT2D eigenvalue weighted by molar-refractivity contribution is 6.43. The molecule has 2 atom stereocenters. The van der Waals surface area contributed by atoms with Gasteiger partial charge in [0.25, 0.3) is 0 Å². The van der Waals surface area contributed by atoms with Crippen LogP contribution in [0.4, 0.5) is 0 Å². The Bertz CT molecular complexity index is 600. The summed E-state index contributed by atoms with van der Waals surface area (Å²) in [6.07, 6.45) is 1.06. The molecule has 6 nitrogen and oxygen atoms in total. The predicted octanol–water partition coefficient (Wildman–Crippen LogP) is 1.69. The molecule has 1 aromatic rings. The van der Waals surface area contributed by atoms with Gasteiger partial charge in [0.15, 0.2) is 0 Å². The summed E-state index contributed by atoms with van der Waals surface area (Å²) in [5, 5.41) is 24.6. The Morgan fingerprint density at radius 1 is 1.07 bits per heavy atom. The Balaban J connectivity index is 2.90. The Morgan fingerprint density at radius 2 is 1.67 bits per heavy atom. The van der Waals surface area contributed by atoms with Crippen LogP contribution in [0.1, 0.15) is 53.0 Å². The Hall–Kier alpha value is -1.86. The van der Waals surface area contributed by atoms with Crippen LogP contribution in [0.2, 0.25) is 0 Å². The van der Waals surface area contributed by atoms with Crippen LogP contribution in [0.15, 0.2) is 30.3 Å². The summed E-state index contributed by atoms with van der Waals surface area (Å²) in [5.74, 6) is -1.22. The van der Waals surface area contributed by atoms with Gasteiger partial charge in [0.1, 0.15) is 6.04 Å². The maximum absolute atomic E-state index is 12.8. The molecule has 0 unspecified atom stereocenters. The third kappa shape index (κ3) is 9.59. The summed E-state index contributed by atoms with van der Waals surface area (Å²) in [6, 6.07) is 8.64. The molecular formula is C20H33BN2O4. The summed E-state index contributed by atoms with van der Waals surface area (Å²) in [6.45, 7) is 9.75. The zero-order valence-electron chi connectivity index (χ0n) is 17.0. The lowest BCUT2D eigenvalue weighted by Gasteiger charge is -2.25. The highest BCUT2D eigenvalue weighted by atomic mass is 16.4. The molecule has 0 radical (unpaired) electrons. The highest BCUT2D eigenvalue weighted by Crippen LogP contribution is 2.18. The van der Waals surface area contributed by atoms with Crippen molar-refractivity contribution in [1.82, 2.24) is 10.6 Å². The molecule has 1 aromatic carbocycles. The first-order chi connectivity index (χ1) is 12.5. The fraction of sp³-hybridized carbons (Fsp3) is 0.600. The van der Waals surface area contributed by atoms with Crippen molar-refractivity contribution in [3.05, 3.63) is 35.9 Å². The van der Waals surface area contributed by atoms with Crippen molar-refractivity contribution < 1.29 is 19.6 Å². The van der Waals surface area contributed by atoms with E-state index in [4.69, 9.17) is 0 Å². The number of nitrogens with one attached hydrogen (secondary N) is 2. The second-order valence-electron chi connectivity index (χ2n) is 8.71. The molecule has 4 N–H and O–H groups in total. The molecule has 7 heteroatoms. The van der Waals surface area contributed by atoms with Crippen molar-refractivity contribution in [2.45, 2.75) is 65.9 Å². The topological polar surface area (TPSA) is 98.7 Å². The van der Waals surface area contributed by atoms with Gasteiger partial charge in [-0.25, -0.2) is 0 Å². The molecule has 0 saturated carbocycles. The molecule has 2 amide bonds. The normalized spacial score (nSPS) is 13.8. The lowest BCUT2D eigenvalue weighted by Crippen LogP contribution is -2.55. The summed E-state index contributed by atoms with van der Waals surface area (Å²) < 4.78 is 0.